The molecule has 0 aliphatic carbocycles. The van der Waals surface area contributed by atoms with E-state index in [1.807, 2.05) is 25.1 Å². The number of likely N-dealkylation sites (tertiary alicyclic amines) is 1. The van der Waals surface area contributed by atoms with Gasteiger partial charge in [0.05, 0.1) is 26.9 Å². The third-order valence-corrected chi connectivity index (χ3v) is 7.75. The zero-order valence-electron chi connectivity index (χ0n) is 19.7. The number of hydrogen-bond acceptors (Lipinski definition) is 6. The van der Waals surface area contributed by atoms with E-state index in [9.17, 15) is 0 Å². The van der Waals surface area contributed by atoms with Crippen molar-refractivity contribution in [2.45, 2.75) is 45.0 Å². The highest BCUT2D eigenvalue weighted by molar-refractivity contribution is 6.35. The highest BCUT2D eigenvalue weighted by Gasteiger charge is 2.31. The number of rotatable bonds is 5. The molecule has 10 heteroatoms. The third kappa shape index (κ3) is 4.29. The minimum Gasteiger partial charge on any atom is -0.486 e. The topological polar surface area (TPSA) is 86.0 Å². The van der Waals surface area contributed by atoms with Crippen molar-refractivity contribution in [2.24, 2.45) is 0 Å². The fourth-order valence-corrected chi connectivity index (χ4v) is 5.88. The fraction of sp³-hybridized carbons (Fsp3) is 0.400. The van der Waals surface area contributed by atoms with Crippen molar-refractivity contribution in [1.82, 2.24) is 34.9 Å². The van der Waals surface area contributed by atoms with Crippen LogP contribution in [-0.2, 0) is 13.1 Å². The molecule has 8 nitrogen and oxygen atoms in total. The second-order valence-corrected chi connectivity index (χ2v) is 10.3. The maximum absolute atomic E-state index is 6.32. The normalized spacial score (nSPS) is 18.3. The molecule has 5 heterocycles. The summed E-state index contributed by atoms with van der Waals surface area (Å²) in [6, 6.07) is 6.48. The van der Waals surface area contributed by atoms with Crippen LogP contribution in [-0.4, -0.2) is 61.1 Å². The van der Waals surface area contributed by atoms with E-state index in [2.05, 4.69) is 37.0 Å². The Bertz CT molecular complexity index is 1330. The van der Waals surface area contributed by atoms with Gasteiger partial charge in [0.25, 0.3) is 0 Å². The van der Waals surface area contributed by atoms with E-state index in [0.717, 1.165) is 54.3 Å². The Hall–Kier alpha value is -2.65. The van der Waals surface area contributed by atoms with Crippen LogP contribution < -0.4 is 4.74 Å². The Labute approximate surface area is 213 Å². The summed E-state index contributed by atoms with van der Waals surface area (Å²) in [7, 11) is 2.20. The molecule has 0 amide bonds. The fourth-order valence-electron chi connectivity index (χ4n) is 5.21. The molecule has 35 heavy (non-hydrogen) atoms. The number of hydrogen-bond donors (Lipinski definition) is 2. The van der Waals surface area contributed by atoms with Gasteiger partial charge in [-0.1, -0.05) is 23.2 Å². The van der Waals surface area contributed by atoms with Crippen molar-refractivity contribution in [1.29, 1.82) is 0 Å². The van der Waals surface area contributed by atoms with Crippen LogP contribution in [0.4, 0.5) is 0 Å². The second-order valence-electron chi connectivity index (χ2n) is 9.51. The number of nitrogens with one attached hydrogen (secondary N) is 2. The standard InChI is InChI=1S/C25H27Cl2N7O/c1-14(23-18(26)10-28-11-19(23)27)35-16-3-4-20-17(9-16)24(32-31-20)25-29-21-12-34(13-22(21)30-25)15-5-7-33(2)8-6-15/h3-4,9-11,14-15H,5-8,12-13H2,1-2H3,(H,29,30)(H,31,32). The summed E-state index contributed by atoms with van der Waals surface area (Å²) in [5.74, 6) is 1.49. The molecular weight excluding hydrogens is 485 g/mol. The molecule has 4 aromatic rings. The summed E-state index contributed by atoms with van der Waals surface area (Å²) in [4.78, 5) is 17.4. The predicted molar refractivity (Wildman–Crippen MR) is 137 cm³/mol. The molecule has 0 saturated carbocycles. The third-order valence-electron chi connectivity index (χ3n) is 7.15. The number of pyridine rings is 1. The largest absolute Gasteiger partial charge is 0.486 e. The predicted octanol–water partition coefficient (Wildman–Crippen LogP) is 5.20. The first kappa shape index (κ1) is 22.8. The van der Waals surface area contributed by atoms with Crippen LogP contribution >= 0.6 is 23.2 Å². The van der Waals surface area contributed by atoms with Gasteiger partial charge in [-0.25, -0.2) is 4.98 Å². The molecule has 1 aromatic carbocycles. The van der Waals surface area contributed by atoms with Gasteiger partial charge in [0.2, 0.25) is 0 Å². The molecule has 2 N–H and O–H groups in total. The molecule has 6 rings (SSSR count). The maximum Gasteiger partial charge on any atom is 0.159 e. The molecule has 0 spiro atoms. The van der Waals surface area contributed by atoms with Gasteiger partial charge in [-0.15, -0.1) is 0 Å². The van der Waals surface area contributed by atoms with Gasteiger partial charge >= 0.3 is 0 Å². The van der Waals surface area contributed by atoms with E-state index in [1.54, 1.807) is 12.4 Å². The summed E-state index contributed by atoms with van der Waals surface area (Å²) in [6.07, 6.45) is 5.24. The molecule has 1 unspecified atom stereocenters. The number of aromatic nitrogens is 5. The molecule has 2 aliphatic heterocycles. The molecule has 0 radical (unpaired) electrons. The van der Waals surface area contributed by atoms with E-state index in [-0.39, 0.29) is 6.10 Å². The van der Waals surface area contributed by atoms with Gasteiger partial charge in [0, 0.05) is 42.5 Å². The van der Waals surface area contributed by atoms with Crippen LogP contribution in [0, 0.1) is 0 Å². The average molecular weight is 512 g/mol. The van der Waals surface area contributed by atoms with Crippen LogP contribution in [0.25, 0.3) is 22.4 Å². The zero-order chi connectivity index (χ0) is 24.1. The molecular formula is C25H27Cl2N7O. The number of ether oxygens (including phenoxy) is 1. The lowest BCUT2D eigenvalue weighted by molar-refractivity contribution is 0.118. The Balaban J connectivity index is 1.22. The highest BCUT2D eigenvalue weighted by atomic mass is 35.5. The molecule has 1 saturated heterocycles. The second kappa shape index (κ2) is 9.09. The lowest BCUT2D eigenvalue weighted by Gasteiger charge is -2.34. The van der Waals surface area contributed by atoms with E-state index >= 15 is 0 Å². The van der Waals surface area contributed by atoms with Gasteiger partial charge in [0.1, 0.15) is 17.5 Å². The first-order valence-corrected chi connectivity index (χ1v) is 12.7. The van der Waals surface area contributed by atoms with Crippen LogP contribution in [0.1, 0.15) is 42.8 Å². The van der Waals surface area contributed by atoms with Crippen molar-refractivity contribution in [3.05, 3.63) is 57.6 Å². The zero-order valence-corrected chi connectivity index (χ0v) is 21.2. The molecule has 1 atom stereocenters. The number of fused-ring (bicyclic) bond motifs is 2. The Morgan fingerprint density at radius 3 is 2.63 bits per heavy atom. The number of piperidine rings is 1. The quantitative estimate of drug-likeness (QED) is 0.382. The summed E-state index contributed by atoms with van der Waals surface area (Å²) in [5.41, 5.74) is 4.74. The number of nitrogens with zero attached hydrogens (tertiary/aromatic N) is 5. The van der Waals surface area contributed by atoms with E-state index in [0.29, 0.717) is 27.4 Å². The molecule has 1 fully saturated rings. The van der Waals surface area contributed by atoms with Crippen molar-refractivity contribution in [3.8, 4) is 17.3 Å². The Kier molecular flexibility index (Phi) is 5.92. The minimum atomic E-state index is -0.344. The Morgan fingerprint density at radius 2 is 1.89 bits per heavy atom. The van der Waals surface area contributed by atoms with E-state index < -0.39 is 0 Å². The SMILES string of the molecule is CC(Oc1ccc2[nH]nc(-c3nc4c([nH]3)CN(C3CCN(C)CC3)C4)c2c1)c1c(Cl)cncc1Cl. The molecule has 0 bridgehead atoms. The monoisotopic (exact) mass is 511 g/mol. The van der Waals surface area contributed by atoms with Crippen molar-refractivity contribution in [3.63, 3.8) is 0 Å². The average Bonchev–Trinajstić information content (AvgIpc) is 3.52. The summed E-state index contributed by atoms with van der Waals surface area (Å²) in [6.45, 7) is 6.05. The summed E-state index contributed by atoms with van der Waals surface area (Å²) >= 11 is 12.6. The maximum atomic E-state index is 6.32. The van der Waals surface area contributed by atoms with Crippen molar-refractivity contribution >= 4 is 34.1 Å². The first-order chi connectivity index (χ1) is 17.0. The number of benzene rings is 1. The highest BCUT2D eigenvalue weighted by Crippen LogP contribution is 2.35. The van der Waals surface area contributed by atoms with Crippen LogP contribution in [0.3, 0.4) is 0 Å². The Morgan fingerprint density at radius 1 is 1.11 bits per heavy atom. The summed E-state index contributed by atoms with van der Waals surface area (Å²) in [5, 5.41) is 9.58. The first-order valence-electron chi connectivity index (χ1n) is 11.9. The number of halogens is 2. The van der Waals surface area contributed by atoms with Crippen LogP contribution in [0.5, 0.6) is 5.75 Å². The number of imidazole rings is 1. The lowest BCUT2D eigenvalue weighted by atomic mass is 10.0. The lowest BCUT2D eigenvalue weighted by Crippen LogP contribution is -2.41. The molecule has 3 aromatic heterocycles. The van der Waals surface area contributed by atoms with E-state index in [1.165, 1.54) is 18.5 Å². The minimum absolute atomic E-state index is 0.344. The van der Waals surface area contributed by atoms with Gasteiger partial charge in [-0.3, -0.25) is 15.0 Å². The molecule has 2 aliphatic rings. The van der Waals surface area contributed by atoms with Crippen LogP contribution in [0.2, 0.25) is 10.0 Å². The van der Waals surface area contributed by atoms with Gasteiger partial charge in [0.15, 0.2) is 5.82 Å². The van der Waals surface area contributed by atoms with E-state index in [4.69, 9.17) is 32.9 Å². The van der Waals surface area contributed by atoms with Gasteiger partial charge in [-0.2, -0.15) is 5.10 Å². The smallest absolute Gasteiger partial charge is 0.159 e. The summed E-state index contributed by atoms with van der Waals surface area (Å²) < 4.78 is 6.20. The number of aromatic amines is 2. The van der Waals surface area contributed by atoms with Crippen molar-refractivity contribution in [2.75, 3.05) is 20.1 Å². The molecule has 182 valence electrons. The van der Waals surface area contributed by atoms with Crippen molar-refractivity contribution < 1.29 is 4.74 Å². The number of H-pyrrole nitrogens is 2. The van der Waals surface area contributed by atoms with Gasteiger partial charge in [-0.05, 0) is 58.1 Å². The van der Waals surface area contributed by atoms with Crippen LogP contribution in [0.15, 0.2) is 30.6 Å². The van der Waals surface area contributed by atoms with Gasteiger partial charge < -0.3 is 14.6 Å².